The molecule has 0 bridgehead atoms. The second kappa shape index (κ2) is 4.77. The van der Waals surface area contributed by atoms with Crippen LogP contribution in [0.25, 0.3) is 0 Å². The Morgan fingerprint density at radius 3 is 2.36 bits per heavy atom. The third-order valence-corrected chi connectivity index (χ3v) is 1.92. The molecule has 0 saturated heterocycles. The first kappa shape index (κ1) is 10.7. The van der Waals surface area contributed by atoms with Crippen LogP contribution in [0.5, 0.6) is 0 Å². The summed E-state index contributed by atoms with van der Waals surface area (Å²) < 4.78 is 0. The van der Waals surface area contributed by atoms with Gasteiger partial charge in [0.05, 0.1) is 5.56 Å². The number of carbonyl (C=O) groups excluding carboxylic acids is 1. The van der Waals surface area contributed by atoms with E-state index in [1.807, 2.05) is 12.1 Å². The Hall–Kier alpha value is -1.35. The summed E-state index contributed by atoms with van der Waals surface area (Å²) in [5.41, 5.74) is 1.54. The summed E-state index contributed by atoms with van der Waals surface area (Å²) in [4.78, 5) is 14.5. The van der Waals surface area contributed by atoms with Gasteiger partial charge in [0, 0.05) is 0 Å². The lowest BCUT2D eigenvalue weighted by Gasteiger charge is -2.04. The Morgan fingerprint density at radius 1 is 1.36 bits per heavy atom. The zero-order valence-corrected chi connectivity index (χ0v) is 8.36. The molecule has 14 heavy (non-hydrogen) atoms. The van der Waals surface area contributed by atoms with Gasteiger partial charge in [-0.3, -0.25) is 4.89 Å². The maximum Gasteiger partial charge on any atom is 0.372 e. The van der Waals surface area contributed by atoms with E-state index in [9.17, 15) is 4.79 Å². The van der Waals surface area contributed by atoms with Crippen LogP contribution < -0.4 is 0 Å². The highest BCUT2D eigenvalue weighted by Crippen LogP contribution is 2.10. The van der Waals surface area contributed by atoms with E-state index in [0.29, 0.717) is 11.5 Å². The quantitative estimate of drug-likeness (QED) is 0.594. The van der Waals surface area contributed by atoms with Crippen molar-refractivity contribution in [2.75, 3.05) is 0 Å². The van der Waals surface area contributed by atoms with Gasteiger partial charge in [0.25, 0.3) is 0 Å². The minimum atomic E-state index is -0.721. The average Bonchev–Trinajstić information content (AvgIpc) is 2.17. The lowest BCUT2D eigenvalue weighted by atomic mass is 10.0. The molecule has 0 aliphatic heterocycles. The molecule has 0 aliphatic carbocycles. The largest absolute Gasteiger partial charge is 0.372 e. The van der Waals surface area contributed by atoms with E-state index in [1.54, 1.807) is 12.1 Å². The van der Waals surface area contributed by atoms with Gasteiger partial charge in [0.2, 0.25) is 0 Å². The molecular formula is C11H14O3. The summed E-state index contributed by atoms with van der Waals surface area (Å²) in [6.07, 6.45) is 0.981. The molecule has 3 nitrogen and oxygen atoms in total. The van der Waals surface area contributed by atoms with Crippen LogP contribution in [0.2, 0.25) is 0 Å². The van der Waals surface area contributed by atoms with Gasteiger partial charge >= 0.3 is 5.97 Å². The maximum absolute atomic E-state index is 10.9. The Balaban J connectivity index is 2.73. The van der Waals surface area contributed by atoms with Crippen LogP contribution in [0.15, 0.2) is 24.3 Å². The number of hydrogen-bond donors (Lipinski definition) is 1. The fourth-order valence-corrected chi connectivity index (χ4v) is 1.30. The number of rotatable bonds is 3. The SMILES string of the molecule is CC(C)Cc1ccc(C(=O)OO)cc1. The third kappa shape index (κ3) is 2.85. The Bertz CT molecular complexity index is 301. The first-order valence-corrected chi connectivity index (χ1v) is 4.58. The Kier molecular flexibility index (Phi) is 3.65. The molecule has 0 aliphatic rings. The standard InChI is InChI=1S/C11H14O3/c1-8(2)7-9-3-5-10(6-4-9)11(12)14-13/h3-6,8,13H,7H2,1-2H3. The van der Waals surface area contributed by atoms with Crippen LogP contribution in [0.1, 0.15) is 29.8 Å². The van der Waals surface area contributed by atoms with Crippen molar-refractivity contribution in [1.82, 2.24) is 0 Å². The molecule has 0 radical (unpaired) electrons. The number of benzene rings is 1. The van der Waals surface area contributed by atoms with Crippen molar-refractivity contribution >= 4 is 5.97 Å². The van der Waals surface area contributed by atoms with Crippen LogP contribution in [-0.2, 0) is 11.3 Å². The van der Waals surface area contributed by atoms with E-state index in [-0.39, 0.29) is 0 Å². The van der Waals surface area contributed by atoms with E-state index in [1.165, 1.54) is 5.56 Å². The molecule has 0 atom stereocenters. The van der Waals surface area contributed by atoms with Gasteiger partial charge in [-0.25, -0.2) is 4.79 Å². The summed E-state index contributed by atoms with van der Waals surface area (Å²) in [6, 6.07) is 7.03. The van der Waals surface area contributed by atoms with Crippen LogP contribution in [-0.4, -0.2) is 11.2 Å². The van der Waals surface area contributed by atoms with Crippen LogP contribution in [0.4, 0.5) is 0 Å². The van der Waals surface area contributed by atoms with Crippen molar-refractivity contribution in [3.05, 3.63) is 35.4 Å². The van der Waals surface area contributed by atoms with Gasteiger partial charge in [-0.2, -0.15) is 5.26 Å². The molecule has 0 amide bonds. The van der Waals surface area contributed by atoms with Crippen molar-refractivity contribution in [2.24, 2.45) is 5.92 Å². The fraction of sp³-hybridized carbons (Fsp3) is 0.364. The molecule has 0 aromatic heterocycles. The molecule has 0 unspecified atom stereocenters. The van der Waals surface area contributed by atoms with Crippen molar-refractivity contribution in [2.45, 2.75) is 20.3 Å². The average molecular weight is 194 g/mol. The molecule has 76 valence electrons. The molecule has 0 heterocycles. The van der Waals surface area contributed by atoms with Crippen molar-refractivity contribution in [1.29, 1.82) is 0 Å². The lowest BCUT2D eigenvalue weighted by Crippen LogP contribution is -2.02. The summed E-state index contributed by atoms with van der Waals surface area (Å²) in [7, 11) is 0. The smallest absolute Gasteiger partial charge is 0.296 e. The highest BCUT2D eigenvalue weighted by atomic mass is 17.1. The molecule has 3 heteroatoms. The minimum Gasteiger partial charge on any atom is -0.296 e. The molecule has 1 aromatic carbocycles. The van der Waals surface area contributed by atoms with E-state index >= 15 is 0 Å². The van der Waals surface area contributed by atoms with E-state index in [0.717, 1.165) is 6.42 Å². The van der Waals surface area contributed by atoms with Crippen LogP contribution in [0, 0.1) is 5.92 Å². The van der Waals surface area contributed by atoms with Crippen molar-refractivity contribution in [3.8, 4) is 0 Å². The van der Waals surface area contributed by atoms with Gasteiger partial charge in [-0.05, 0) is 30.0 Å². The van der Waals surface area contributed by atoms with Crippen molar-refractivity contribution < 1.29 is 14.9 Å². The van der Waals surface area contributed by atoms with Gasteiger partial charge < -0.3 is 0 Å². The molecule has 1 N–H and O–H groups in total. The van der Waals surface area contributed by atoms with E-state index in [2.05, 4.69) is 18.7 Å². The molecule has 0 fully saturated rings. The first-order chi connectivity index (χ1) is 6.63. The zero-order chi connectivity index (χ0) is 10.6. The van der Waals surface area contributed by atoms with Gasteiger partial charge in [0.1, 0.15) is 0 Å². The third-order valence-electron chi connectivity index (χ3n) is 1.92. The van der Waals surface area contributed by atoms with Crippen molar-refractivity contribution in [3.63, 3.8) is 0 Å². The number of carbonyl (C=O) groups is 1. The summed E-state index contributed by atoms with van der Waals surface area (Å²) in [6.45, 7) is 4.27. The zero-order valence-electron chi connectivity index (χ0n) is 8.36. The normalized spacial score (nSPS) is 10.3. The van der Waals surface area contributed by atoms with Crippen LogP contribution in [0.3, 0.4) is 0 Å². The molecule has 0 spiro atoms. The predicted octanol–water partition coefficient (Wildman–Crippen LogP) is 2.51. The second-order valence-electron chi connectivity index (χ2n) is 3.67. The summed E-state index contributed by atoms with van der Waals surface area (Å²) in [5.74, 6) is -0.133. The van der Waals surface area contributed by atoms with Gasteiger partial charge in [0.15, 0.2) is 0 Å². The maximum atomic E-state index is 10.9. The summed E-state index contributed by atoms with van der Waals surface area (Å²) >= 11 is 0. The highest BCUT2D eigenvalue weighted by molar-refractivity contribution is 5.88. The summed E-state index contributed by atoms with van der Waals surface area (Å²) in [5, 5.41) is 8.15. The van der Waals surface area contributed by atoms with E-state index in [4.69, 9.17) is 5.26 Å². The topological polar surface area (TPSA) is 46.5 Å². The molecule has 0 saturated carbocycles. The Labute approximate surface area is 83.3 Å². The highest BCUT2D eigenvalue weighted by Gasteiger charge is 2.06. The molecule has 1 aromatic rings. The van der Waals surface area contributed by atoms with Gasteiger partial charge in [-0.1, -0.05) is 26.0 Å². The molecule has 1 rings (SSSR count). The van der Waals surface area contributed by atoms with Gasteiger partial charge in [-0.15, -0.1) is 0 Å². The number of hydrogen-bond acceptors (Lipinski definition) is 3. The minimum absolute atomic E-state index is 0.361. The Morgan fingerprint density at radius 2 is 1.93 bits per heavy atom. The first-order valence-electron chi connectivity index (χ1n) is 4.58. The molecular weight excluding hydrogens is 180 g/mol. The fourth-order valence-electron chi connectivity index (χ4n) is 1.30. The second-order valence-corrected chi connectivity index (χ2v) is 3.67. The monoisotopic (exact) mass is 194 g/mol. The lowest BCUT2D eigenvalue weighted by molar-refractivity contribution is -0.182. The predicted molar refractivity (Wildman–Crippen MR) is 53.0 cm³/mol. The van der Waals surface area contributed by atoms with E-state index < -0.39 is 5.97 Å². The van der Waals surface area contributed by atoms with Crippen LogP contribution >= 0.6 is 0 Å².